The Morgan fingerprint density at radius 2 is 1.95 bits per heavy atom. The molecule has 10 heteroatoms. The van der Waals surface area contributed by atoms with E-state index in [0.717, 1.165) is 80.3 Å². The van der Waals surface area contributed by atoms with Gasteiger partial charge in [0, 0.05) is 55.5 Å². The van der Waals surface area contributed by atoms with Gasteiger partial charge >= 0.3 is 0 Å². The molecule has 2 saturated heterocycles. The number of imidazole rings is 1. The van der Waals surface area contributed by atoms with Crippen LogP contribution in [-0.2, 0) is 29.0 Å². The summed E-state index contributed by atoms with van der Waals surface area (Å²) in [7, 11) is 0. The Labute approximate surface area is 243 Å². The molecule has 0 unspecified atom stereocenters. The Kier molecular flexibility index (Phi) is 8.18. The maximum absolute atomic E-state index is 14.3. The quantitative estimate of drug-likeness (QED) is 0.279. The van der Waals surface area contributed by atoms with Gasteiger partial charge in [0.15, 0.2) is 0 Å². The number of hydrogen-bond donors (Lipinski definition) is 1. The van der Waals surface area contributed by atoms with Crippen LogP contribution in [0.3, 0.4) is 0 Å². The summed E-state index contributed by atoms with van der Waals surface area (Å²) in [4.78, 5) is 23.5. The number of carbonyl (C=O) groups is 1. The van der Waals surface area contributed by atoms with Gasteiger partial charge < -0.3 is 19.4 Å². The average Bonchev–Trinajstić information content (AvgIpc) is 3.24. The Hall–Kier alpha value is -3.53. The highest BCUT2D eigenvalue weighted by atomic mass is 35.5. The second kappa shape index (κ2) is 12.1. The number of ether oxygens (including phenoxy) is 2. The molecule has 4 heterocycles. The molecule has 4 aromatic rings. The number of fused-ring (bicyclic) bond motifs is 1. The van der Waals surface area contributed by atoms with Crippen LogP contribution in [0.2, 0.25) is 5.02 Å². The van der Waals surface area contributed by atoms with E-state index in [4.69, 9.17) is 26.1 Å². The zero-order valence-electron chi connectivity index (χ0n) is 23.0. The molecule has 1 amide bonds. The summed E-state index contributed by atoms with van der Waals surface area (Å²) in [6.07, 6.45) is 3.43. The Balaban J connectivity index is 1.09. The lowest BCUT2D eigenvalue weighted by molar-refractivity contribution is -0.114. The first-order chi connectivity index (χ1) is 19.9. The maximum Gasteiger partial charge on any atom is 0.221 e. The van der Waals surface area contributed by atoms with Gasteiger partial charge in [-0.2, -0.15) is 0 Å². The summed E-state index contributed by atoms with van der Waals surface area (Å²) in [6, 6.07) is 16.2. The fraction of sp³-hybridized carbons (Fsp3) is 0.387. The number of anilines is 1. The number of hydrogen-bond acceptors (Lipinski definition) is 6. The smallest absolute Gasteiger partial charge is 0.221 e. The predicted octanol–water partition coefficient (Wildman–Crippen LogP) is 5.61. The molecular formula is C31H33ClFN5O3. The zero-order chi connectivity index (χ0) is 28.3. The zero-order valence-corrected chi connectivity index (χ0v) is 23.7. The molecule has 2 aromatic heterocycles. The Morgan fingerprint density at radius 3 is 2.68 bits per heavy atom. The summed E-state index contributed by atoms with van der Waals surface area (Å²) in [5, 5.41) is 3.23. The fourth-order valence-corrected chi connectivity index (χ4v) is 5.61. The largest absolute Gasteiger partial charge is 0.474 e. The van der Waals surface area contributed by atoms with Gasteiger partial charge in [0.1, 0.15) is 17.7 Å². The van der Waals surface area contributed by atoms with Crippen molar-refractivity contribution in [3.63, 3.8) is 0 Å². The average molecular weight is 578 g/mol. The van der Waals surface area contributed by atoms with Crippen molar-refractivity contribution < 1.29 is 18.7 Å². The SMILES string of the molecule is CC(=O)Nc1ccc2c(c1)nc(CN1CCC(Oc3cccc(Cc4ccc(Cl)cc4F)n3)CC1)n2C[C@@H]1CCO1. The minimum Gasteiger partial charge on any atom is -0.474 e. The van der Waals surface area contributed by atoms with Gasteiger partial charge in [-0.05, 0) is 61.2 Å². The van der Waals surface area contributed by atoms with E-state index in [0.29, 0.717) is 22.9 Å². The molecule has 0 aliphatic carbocycles. The lowest BCUT2D eigenvalue weighted by atomic mass is 10.1. The minimum atomic E-state index is -0.333. The highest BCUT2D eigenvalue weighted by molar-refractivity contribution is 6.30. The minimum absolute atomic E-state index is 0.0590. The fourth-order valence-electron chi connectivity index (χ4n) is 5.46. The van der Waals surface area contributed by atoms with Crippen LogP contribution in [0.4, 0.5) is 10.1 Å². The summed E-state index contributed by atoms with van der Waals surface area (Å²) >= 11 is 5.88. The van der Waals surface area contributed by atoms with Crippen molar-refractivity contribution in [2.24, 2.45) is 0 Å². The first kappa shape index (κ1) is 27.6. The van der Waals surface area contributed by atoms with Crippen molar-refractivity contribution in [1.82, 2.24) is 19.4 Å². The Morgan fingerprint density at radius 1 is 1.12 bits per heavy atom. The number of piperidine rings is 1. The predicted molar refractivity (Wildman–Crippen MR) is 156 cm³/mol. The van der Waals surface area contributed by atoms with Crippen LogP contribution in [0.5, 0.6) is 5.88 Å². The van der Waals surface area contributed by atoms with E-state index in [1.165, 1.54) is 13.0 Å². The number of nitrogens with zero attached hydrogens (tertiary/aromatic N) is 4. The van der Waals surface area contributed by atoms with E-state index >= 15 is 0 Å². The molecule has 0 spiro atoms. The monoisotopic (exact) mass is 577 g/mol. The molecule has 2 aliphatic heterocycles. The molecule has 1 atom stereocenters. The first-order valence-corrected chi connectivity index (χ1v) is 14.4. The molecule has 0 radical (unpaired) electrons. The number of aromatic nitrogens is 3. The summed E-state index contributed by atoms with van der Waals surface area (Å²) in [5.41, 5.74) is 3.96. The van der Waals surface area contributed by atoms with Gasteiger partial charge in [-0.15, -0.1) is 0 Å². The lowest BCUT2D eigenvalue weighted by Gasteiger charge is -2.32. The Bertz CT molecular complexity index is 1550. The number of pyridine rings is 1. The number of halogens is 2. The number of amides is 1. The molecule has 0 saturated carbocycles. The topological polar surface area (TPSA) is 81.5 Å². The van der Waals surface area contributed by atoms with Gasteiger partial charge in [-0.3, -0.25) is 9.69 Å². The van der Waals surface area contributed by atoms with Crippen LogP contribution >= 0.6 is 11.6 Å². The second-order valence-corrected chi connectivity index (χ2v) is 11.2. The molecule has 2 fully saturated rings. The molecule has 8 nitrogen and oxygen atoms in total. The van der Waals surface area contributed by atoms with Crippen molar-refractivity contribution in [2.45, 2.75) is 57.9 Å². The van der Waals surface area contributed by atoms with Crippen molar-refractivity contribution in [1.29, 1.82) is 0 Å². The molecule has 41 heavy (non-hydrogen) atoms. The van der Waals surface area contributed by atoms with E-state index < -0.39 is 0 Å². The molecule has 6 rings (SSSR count). The van der Waals surface area contributed by atoms with Gasteiger partial charge in [-0.1, -0.05) is 23.7 Å². The van der Waals surface area contributed by atoms with E-state index in [9.17, 15) is 9.18 Å². The summed E-state index contributed by atoms with van der Waals surface area (Å²) in [6.45, 7) is 5.56. The summed E-state index contributed by atoms with van der Waals surface area (Å²) < 4.78 is 28.5. The summed E-state index contributed by atoms with van der Waals surface area (Å²) in [5.74, 6) is 1.13. The van der Waals surface area contributed by atoms with Crippen LogP contribution in [0, 0.1) is 5.82 Å². The number of benzene rings is 2. The maximum atomic E-state index is 14.3. The molecule has 2 aliphatic rings. The lowest BCUT2D eigenvalue weighted by Crippen LogP contribution is -2.39. The van der Waals surface area contributed by atoms with E-state index in [-0.39, 0.29) is 23.9 Å². The number of nitrogens with one attached hydrogen (secondary N) is 1. The highest BCUT2D eigenvalue weighted by Gasteiger charge is 2.25. The molecule has 1 N–H and O–H groups in total. The van der Waals surface area contributed by atoms with E-state index in [2.05, 4.69) is 19.8 Å². The van der Waals surface area contributed by atoms with Crippen LogP contribution < -0.4 is 10.1 Å². The normalized spacial score (nSPS) is 17.9. The van der Waals surface area contributed by atoms with E-state index in [1.54, 1.807) is 12.1 Å². The van der Waals surface area contributed by atoms with Crippen molar-refractivity contribution in [3.8, 4) is 5.88 Å². The second-order valence-electron chi connectivity index (χ2n) is 10.8. The van der Waals surface area contributed by atoms with Crippen molar-refractivity contribution in [2.75, 3.05) is 25.0 Å². The van der Waals surface area contributed by atoms with Crippen LogP contribution in [0.25, 0.3) is 11.0 Å². The van der Waals surface area contributed by atoms with Crippen LogP contribution in [-0.4, -0.2) is 57.2 Å². The third-order valence-electron chi connectivity index (χ3n) is 7.68. The van der Waals surface area contributed by atoms with Gasteiger partial charge in [-0.25, -0.2) is 14.4 Å². The molecule has 2 aromatic carbocycles. The van der Waals surface area contributed by atoms with Crippen LogP contribution in [0.1, 0.15) is 43.3 Å². The number of carbonyl (C=O) groups excluding carboxylic acids is 1. The van der Waals surface area contributed by atoms with Gasteiger partial charge in [0.2, 0.25) is 11.8 Å². The number of likely N-dealkylation sites (tertiary alicyclic amines) is 1. The van der Waals surface area contributed by atoms with Gasteiger partial charge in [0.25, 0.3) is 0 Å². The van der Waals surface area contributed by atoms with Crippen LogP contribution in [0.15, 0.2) is 54.6 Å². The van der Waals surface area contributed by atoms with Crippen molar-refractivity contribution in [3.05, 3.63) is 82.5 Å². The first-order valence-electron chi connectivity index (χ1n) is 14.1. The number of rotatable bonds is 9. The molecule has 0 bridgehead atoms. The highest BCUT2D eigenvalue weighted by Crippen LogP contribution is 2.26. The molecular weight excluding hydrogens is 545 g/mol. The standard InChI is InChI=1S/C31H33ClFN5O3/c1-20(39)34-24-7-8-29-28(17-24)36-30(38(29)18-26-11-14-40-26)19-37-12-9-25(10-13-37)41-31-4-2-3-23(35-31)15-21-5-6-22(32)16-27(21)33/h2-8,16-17,25-26H,9-15,18-19H2,1H3,(H,34,39)/t26-/m0/s1. The van der Waals surface area contributed by atoms with Crippen molar-refractivity contribution >= 4 is 34.2 Å². The molecule has 214 valence electrons. The third-order valence-corrected chi connectivity index (χ3v) is 7.92. The third kappa shape index (κ3) is 6.69. The van der Waals surface area contributed by atoms with Gasteiger partial charge in [0.05, 0.1) is 30.2 Å². The van der Waals surface area contributed by atoms with E-state index in [1.807, 2.05) is 36.4 Å².